The van der Waals surface area contributed by atoms with Crippen molar-refractivity contribution in [1.29, 1.82) is 0 Å². The summed E-state index contributed by atoms with van der Waals surface area (Å²) < 4.78 is 51.0. The molecule has 1 aromatic heterocycles. The van der Waals surface area contributed by atoms with E-state index in [-0.39, 0.29) is 11.5 Å². The van der Waals surface area contributed by atoms with Crippen molar-refractivity contribution in [2.45, 2.75) is 6.18 Å². The smallest absolute Gasteiger partial charge is 0.416 e. The molecule has 0 amide bonds. The van der Waals surface area contributed by atoms with Crippen LogP contribution in [-0.2, 0) is 6.18 Å². The van der Waals surface area contributed by atoms with Crippen LogP contribution in [0.3, 0.4) is 0 Å². The zero-order valence-electron chi connectivity index (χ0n) is 10.3. The summed E-state index contributed by atoms with van der Waals surface area (Å²) in [6.45, 7) is 0. The fourth-order valence-corrected chi connectivity index (χ4v) is 1.59. The molecule has 0 aliphatic carbocycles. The number of alkyl halides is 3. The first-order chi connectivity index (χ1) is 9.77. The Balaban J connectivity index is 2.27. The molecule has 0 saturated carbocycles. The number of anilines is 2. The fraction of sp³-hybridized carbons (Fsp3) is 0.0769. The zero-order valence-corrected chi connectivity index (χ0v) is 10.3. The molecule has 2 N–H and O–H groups in total. The van der Waals surface area contributed by atoms with Crippen molar-refractivity contribution in [3.63, 3.8) is 0 Å². The number of nitrogens with zero attached hydrogens (tertiary/aromatic N) is 1. The predicted molar refractivity (Wildman–Crippen MR) is 65.9 cm³/mol. The van der Waals surface area contributed by atoms with Gasteiger partial charge in [0.05, 0.1) is 11.1 Å². The number of halogens is 4. The van der Waals surface area contributed by atoms with Crippen molar-refractivity contribution < 1.29 is 27.5 Å². The molecular formula is C13H8F4N2O2. The number of rotatable bonds is 3. The van der Waals surface area contributed by atoms with Crippen molar-refractivity contribution in [2.24, 2.45) is 0 Å². The molecule has 1 heterocycles. The summed E-state index contributed by atoms with van der Waals surface area (Å²) >= 11 is 0. The van der Waals surface area contributed by atoms with Crippen molar-refractivity contribution in [3.05, 3.63) is 53.5 Å². The van der Waals surface area contributed by atoms with Gasteiger partial charge in [-0.15, -0.1) is 0 Å². The quantitative estimate of drug-likeness (QED) is 0.849. The van der Waals surface area contributed by atoms with E-state index >= 15 is 0 Å². The third kappa shape index (κ3) is 3.47. The largest absolute Gasteiger partial charge is 0.478 e. The van der Waals surface area contributed by atoms with Crippen LogP contribution in [0.5, 0.6) is 0 Å². The Kier molecular flexibility index (Phi) is 3.79. The van der Waals surface area contributed by atoms with Crippen LogP contribution in [0.15, 0.2) is 36.5 Å². The van der Waals surface area contributed by atoms with Crippen LogP contribution >= 0.6 is 0 Å². The van der Waals surface area contributed by atoms with E-state index in [9.17, 15) is 22.4 Å². The summed E-state index contributed by atoms with van der Waals surface area (Å²) in [6, 6.07) is 4.68. The fourth-order valence-electron chi connectivity index (χ4n) is 1.59. The summed E-state index contributed by atoms with van der Waals surface area (Å²) in [5.41, 5.74) is -1.34. The van der Waals surface area contributed by atoms with E-state index in [4.69, 9.17) is 5.11 Å². The molecule has 0 saturated heterocycles. The molecule has 4 nitrogen and oxygen atoms in total. The van der Waals surface area contributed by atoms with E-state index < -0.39 is 29.1 Å². The first kappa shape index (κ1) is 14.8. The van der Waals surface area contributed by atoms with Gasteiger partial charge in [-0.25, -0.2) is 14.2 Å². The van der Waals surface area contributed by atoms with Gasteiger partial charge in [-0.05, 0) is 30.3 Å². The maximum Gasteiger partial charge on any atom is 0.416 e. The average Bonchev–Trinajstić information content (AvgIpc) is 2.37. The lowest BCUT2D eigenvalue weighted by atomic mass is 10.2. The minimum absolute atomic E-state index is 0.0873. The monoisotopic (exact) mass is 300 g/mol. The van der Waals surface area contributed by atoms with Crippen molar-refractivity contribution in [1.82, 2.24) is 4.98 Å². The van der Waals surface area contributed by atoms with Gasteiger partial charge >= 0.3 is 12.1 Å². The normalized spacial score (nSPS) is 11.2. The second kappa shape index (κ2) is 5.39. The summed E-state index contributed by atoms with van der Waals surface area (Å²) in [5, 5.41) is 11.2. The van der Waals surface area contributed by atoms with Crippen LogP contribution in [0, 0.1) is 5.82 Å². The van der Waals surface area contributed by atoms with Gasteiger partial charge in [0.25, 0.3) is 0 Å². The van der Waals surface area contributed by atoms with Crippen molar-refractivity contribution in [3.8, 4) is 0 Å². The minimum Gasteiger partial charge on any atom is -0.478 e. The highest BCUT2D eigenvalue weighted by Gasteiger charge is 2.30. The second-order valence-corrected chi connectivity index (χ2v) is 4.05. The molecule has 0 unspecified atom stereocenters. The van der Waals surface area contributed by atoms with E-state index in [0.29, 0.717) is 0 Å². The molecule has 1 aromatic carbocycles. The number of carboxylic acid groups (broad SMARTS) is 1. The Morgan fingerprint density at radius 1 is 1.19 bits per heavy atom. The molecule has 2 aromatic rings. The first-order valence-electron chi connectivity index (χ1n) is 5.60. The molecule has 0 atom stereocenters. The van der Waals surface area contributed by atoms with Gasteiger partial charge < -0.3 is 10.4 Å². The third-order valence-corrected chi connectivity index (χ3v) is 2.56. The molecule has 0 radical (unpaired) electrons. The van der Waals surface area contributed by atoms with Crippen LogP contribution in [-0.4, -0.2) is 16.1 Å². The SMILES string of the molecule is O=C(O)c1ccc(Nc2cc(C(F)(F)F)ccn2)cc1F. The number of aromatic nitrogens is 1. The van der Waals surface area contributed by atoms with E-state index in [1.54, 1.807) is 0 Å². The third-order valence-electron chi connectivity index (χ3n) is 2.56. The summed E-state index contributed by atoms with van der Waals surface area (Å²) in [5.74, 6) is -2.57. The molecule has 2 rings (SSSR count). The maximum atomic E-state index is 13.5. The van der Waals surface area contributed by atoms with Crippen LogP contribution in [0.25, 0.3) is 0 Å². The lowest BCUT2D eigenvalue weighted by Gasteiger charge is -2.10. The lowest BCUT2D eigenvalue weighted by molar-refractivity contribution is -0.137. The average molecular weight is 300 g/mol. The molecule has 110 valence electrons. The number of pyridine rings is 1. The van der Waals surface area contributed by atoms with E-state index in [1.807, 2.05) is 0 Å². The Morgan fingerprint density at radius 2 is 1.90 bits per heavy atom. The Hall–Kier alpha value is -2.64. The standard InChI is InChI=1S/C13H8F4N2O2/c14-10-6-8(1-2-9(10)12(20)21)19-11-5-7(3-4-18-11)13(15,16)17/h1-6H,(H,18,19)(H,20,21). The van der Waals surface area contributed by atoms with E-state index in [0.717, 1.165) is 30.5 Å². The van der Waals surface area contributed by atoms with Gasteiger partial charge in [-0.2, -0.15) is 13.2 Å². The van der Waals surface area contributed by atoms with E-state index in [1.165, 1.54) is 6.07 Å². The Labute approximate surface area is 116 Å². The number of carbonyl (C=O) groups is 1. The molecule has 0 fully saturated rings. The lowest BCUT2D eigenvalue weighted by Crippen LogP contribution is -2.06. The van der Waals surface area contributed by atoms with Crippen LogP contribution < -0.4 is 5.32 Å². The predicted octanol–water partition coefficient (Wildman–Crippen LogP) is 3.68. The van der Waals surface area contributed by atoms with Gasteiger partial charge in [0.15, 0.2) is 0 Å². The molecule has 0 aliphatic heterocycles. The van der Waals surface area contributed by atoms with Crippen molar-refractivity contribution >= 4 is 17.5 Å². The molecule has 0 bridgehead atoms. The number of nitrogens with one attached hydrogen (secondary N) is 1. The zero-order chi connectivity index (χ0) is 15.6. The van der Waals surface area contributed by atoms with Crippen LogP contribution in [0.1, 0.15) is 15.9 Å². The highest BCUT2D eigenvalue weighted by Crippen LogP contribution is 2.30. The number of hydrogen-bond donors (Lipinski definition) is 2. The number of hydrogen-bond acceptors (Lipinski definition) is 3. The van der Waals surface area contributed by atoms with Gasteiger partial charge in [-0.1, -0.05) is 0 Å². The highest BCUT2D eigenvalue weighted by atomic mass is 19.4. The van der Waals surface area contributed by atoms with Gasteiger partial charge in [0.2, 0.25) is 0 Å². The summed E-state index contributed by atoms with van der Waals surface area (Å²) in [7, 11) is 0. The molecule has 0 aliphatic rings. The van der Waals surface area contributed by atoms with Crippen LogP contribution in [0.2, 0.25) is 0 Å². The topological polar surface area (TPSA) is 62.2 Å². The highest BCUT2D eigenvalue weighted by molar-refractivity contribution is 5.88. The second-order valence-electron chi connectivity index (χ2n) is 4.05. The molecular weight excluding hydrogens is 292 g/mol. The minimum atomic E-state index is -4.52. The number of carboxylic acids is 1. The summed E-state index contributed by atoms with van der Waals surface area (Å²) in [6.07, 6.45) is -3.55. The van der Waals surface area contributed by atoms with Gasteiger partial charge in [-0.3, -0.25) is 0 Å². The Bertz CT molecular complexity index is 686. The molecule has 0 spiro atoms. The maximum absolute atomic E-state index is 13.5. The van der Waals surface area contributed by atoms with Gasteiger partial charge in [0, 0.05) is 11.9 Å². The Morgan fingerprint density at radius 3 is 2.48 bits per heavy atom. The van der Waals surface area contributed by atoms with Crippen LogP contribution in [0.4, 0.5) is 29.1 Å². The first-order valence-corrected chi connectivity index (χ1v) is 5.60. The van der Waals surface area contributed by atoms with Crippen molar-refractivity contribution in [2.75, 3.05) is 5.32 Å². The molecule has 8 heteroatoms. The summed E-state index contributed by atoms with van der Waals surface area (Å²) in [4.78, 5) is 14.3. The molecule has 21 heavy (non-hydrogen) atoms. The number of benzene rings is 1. The van der Waals surface area contributed by atoms with Gasteiger partial charge in [0.1, 0.15) is 11.6 Å². The van der Waals surface area contributed by atoms with E-state index in [2.05, 4.69) is 10.3 Å². The number of aromatic carboxylic acids is 1.